The second kappa shape index (κ2) is 6.08. The molecule has 0 aromatic heterocycles. The van der Waals surface area contributed by atoms with Crippen molar-refractivity contribution in [2.75, 3.05) is 0 Å². The van der Waals surface area contributed by atoms with Gasteiger partial charge in [0.05, 0.1) is 11.0 Å². The number of carbonyl (C=O) groups excluding carboxylic acids is 1. The molecule has 20 heavy (non-hydrogen) atoms. The number of aldehydes is 1. The van der Waals surface area contributed by atoms with E-state index in [9.17, 15) is 20.0 Å². The molecule has 0 amide bonds. The zero-order valence-corrected chi connectivity index (χ0v) is 10.6. The summed E-state index contributed by atoms with van der Waals surface area (Å²) in [6.45, 7) is 0. The molecule has 2 aromatic rings. The third-order valence-electron chi connectivity index (χ3n) is 3.03. The van der Waals surface area contributed by atoms with Crippen molar-refractivity contribution in [1.29, 1.82) is 0 Å². The van der Waals surface area contributed by atoms with E-state index < -0.39 is 11.0 Å². The van der Waals surface area contributed by atoms with Crippen molar-refractivity contribution in [1.82, 2.24) is 0 Å². The summed E-state index contributed by atoms with van der Waals surface area (Å²) in [7, 11) is 0. The lowest BCUT2D eigenvalue weighted by molar-refractivity contribution is -0.384. The van der Waals surface area contributed by atoms with Crippen LogP contribution in [0.25, 0.3) is 0 Å². The zero-order chi connectivity index (χ0) is 14.5. The number of nitro benzene ring substituents is 1. The van der Waals surface area contributed by atoms with Gasteiger partial charge in [-0.05, 0) is 11.1 Å². The van der Waals surface area contributed by atoms with E-state index in [0.29, 0.717) is 17.5 Å². The van der Waals surface area contributed by atoms with Crippen LogP contribution in [0.3, 0.4) is 0 Å². The largest absolute Gasteiger partial charge is 0.388 e. The molecule has 0 aliphatic carbocycles. The average Bonchev–Trinajstić information content (AvgIpc) is 2.48. The van der Waals surface area contributed by atoms with Crippen molar-refractivity contribution >= 4 is 12.0 Å². The highest BCUT2D eigenvalue weighted by molar-refractivity contribution is 5.74. The average molecular weight is 271 g/mol. The molecular formula is C15H13NO4. The number of benzene rings is 2. The van der Waals surface area contributed by atoms with Crippen molar-refractivity contribution in [3.05, 3.63) is 75.3 Å². The van der Waals surface area contributed by atoms with Crippen LogP contribution < -0.4 is 0 Å². The molecule has 1 atom stereocenters. The molecule has 0 radical (unpaired) electrons. The van der Waals surface area contributed by atoms with Crippen LogP contribution in [0.1, 0.15) is 27.6 Å². The van der Waals surface area contributed by atoms with Gasteiger partial charge in [-0.15, -0.1) is 0 Å². The van der Waals surface area contributed by atoms with Crippen LogP contribution in [-0.4, -0.2) is 16.3 Å². The maximum absolute atomic E-state index is 10.5. The standard InChI is InChI=1S/C15H13NO4/c17-10-12-1-5-13(6-2-12)15(18)9-11-3-7-14(8-4-11)16(19)20/h1-8,10,15,18H,9H2. The molecular weight excluding hydrogens is 258 g/mol. The van der Waals surface area contributed by atoms with E-state index in [1.165, 1.54) is 12.1 Å². The maximum atomic E-state index is 10.5. The Balaban J connectivity index is 2.08. The van der Waals surface area contributed by atoms with Gasteiger partial charge >= 0.3 is 0 Å². The summed E-state index contributed by atoms with van der Waals surface area (Å²) in [5.74, 6) is 0. The van der Waals surface area contributed by atoms with E-state index in [4.69, 9.17) is 0 Å². The summed E-state index contributed by atoms with van der Waals surface area (Å²) in [6.07, 6.45) is 0.391. The summed E-state index contributed by atoms with van der Waals surface area (Å²) < 4.78 is 0. The fraction of sp³-hybridized carbons (Fsp3) is 0.133. The molecule has 0 aliphatic heterocycles. The Morgan fingerprint density at radius 2 is 1.70 bits per heavy atom. The van der Waals surface area contributed by atoms with Gasteiger partial charge in [-0.1, -0.05) is 36.4 Å². The van der Waals surface area contributed by atoms with Gasteiger partial charge in [0, 0.05) is 24.1 Å². The van der Waals surface area contributed by atoms with Gasteiger partial charge in [0.25, 0.3) is 5.69 Å². The third kappa shape index (κ3) is 3.27. The van der Waals surface area contributed by atoms with Crippen molar-refractivity contribution in [2.45, 2.75) is 12.5 Å². The molecule has 0 aliphatic rings. The molecule has 5 heteroatoms. The molecule has 2 aromatic carbocycles. The van der Waals surface area contributed by atoms with E-state index in [2.05, 4.69) is 0 Å². The number of hydrogen-bond donors (Lipinski definition) is 1. The highest BCUT2D eigenvalue weighted by atomic mass is 16.6. The summed E-state index contributed by atoms with van der Waals surface area (Å²) >= 11 is 0. The van der Waals surface area contributed by atoms with Crippen LogP contribution >= 0.6 is 0 Å². The van der Waals surface area contributed by atoms with Gasteiger partial charge in [-0.2, -0.15) is 0 Å². The smallest absolute Gasteiger partial charge is 0.269 e. The van der Waals surface area contributed by atoms with Crippen LogP contribution in [0.15, 0.2) is 48.5 Å². The van der Waals surface area contributed by atoms with Gasteiger partial charge in [0.15, 0.2) is 0 Å². The predicted molar refractivity (Wildman–Crippen MR) is 73.6 cm³/mol. The first-order valence-electron chi connectivity index (χ1n) is 6.06. The topological polar surface area (TPSA) is 80.4 Å². The number of nitrogens with zero attached hydrogens (tertiary/aromatic N) is 1. The fourth-order valence-corrected chi connectivity index (χ4v) is 1.89. The zero-order valence-electron chi connectivity index (χ0n) is 10.6. The molecule has 0 spiro atoms. The number of hydrogen-bond acceptors (Lipinski definition) is 4. The van der Waals surface area contributed by atoms with Gasteiger partial charge in [0.1, 0.15) is 6.29 Å². The molecule has 0 bridgehead atoms. The van der Waals surface area contributed by atoms with Gasteiger partial charge in [-0.25, -0.2) is 0 Å². The molecule has 2 rings (SSSR count). The minimum absolute atomic E-state index is 0.0265. The summed E-state index contributed by atoms with van der Waals surface area (Å²) in [5, 5.41) is 20.6. The molecule has 0 saturated heterocycles. The van der Waals surface area contributed by atoms with Crippen molar-refractivity contribution in [3.8, 4) is 0 Å². The Kier molecular flexibility index (Phi) is 4.22. The monoisotopic (exact) mass is 271 g/mol. The van der Waals surface area contributed by atoms with Crippen LogP contribution in [0.2, 0.25) is 0 Å². The Hall–Kier alpha value is -2.53. The second-order valence-corrected chi connectivity index (χ2v) is 4.43. The van der Waals surface area contributed by atoms with Crippen molar-refractivity contribution in [2.24, 2.45) is 0 Å². The lowest BCUT2D eigenvalue weighted by Gasteiger charge is -2.11. The molecule has 0 heterocycles. The minimum atomic E-state index is -0.711. The van der Waals surface area contributed by atoms with Crippen LogP contribution in [-0.2, 0) is 6.42 Å². The SMILES string of the molecule is O=Cc1ccc(C(O)Cc2ccc([N+](=O)[O-])cc2)cc1. The van der Waals surface area contributed by atoms with Crippen LogP contribution in [0.5, 0.6) is 0 Å². The summed E-state index contributed by atoms with van der Waals surface area (Å²) in [4.78, 5) is 20.6. The van der Waals surface area contributed by atoms with E-state index in [1.54, 1.807) is 36.4 Å². The van der Waals surface area contributed by atoms with Crippen LogP contribution in [0.4, 0.5) is 5.69 Å². The van der Waals surface area contributed by atoms with Crippen molar-refractivity contribution < 1.29 is 14.8 Å². The first-order valence-corrected chi connectivity index (χ1v) is 6.06. The normalized spacial score (nSPS) is 11.8. The molecule has 1 unspecified atom stereocenters. The molecule has 0 saturated carbocycles. The lowest BCUT2D eigenvalue weighted by atomic mass is 10.0. The maximum Gasteiger partial charge on any atom is 0.269 e. The van der Waals surface area contributed by atoms with Crippen LogP contribution in [0, 0.1) is 10.1 Å². The lowest BCUT2D eigenvalue weighted by Crippen LogP contribution is -2.02. The molecule has 0 fully saturated rings. The quantitative estimate of drug-likeness (QED) is 0.515. The number of non-ortho nitro benzene ring substituents is 1. The number of carbonyl (C=O) groups is 1. The first-order chi connectivity index (χ1) is 9.60. The van der Waals surface area contributed by atoms with E-state index in [1.807, 2.05) is 0 Å². The van der Waals surface area contributed by atoms with E-state index >= 15 is 0 Å². The van der Waals surface area contributed by atoms with Gasteiger partial charge in [0.2, 0.25) is 0 Å². The number of nitro groups is 1. The first kappa shape index (κ1) is 13.9. The Bertz CT molecular complexity index is 605. The Morgan fingerprint density at radius 3 is 2.20 bits per heavy atom. The predicted octanol–water partition coefficient (Wildman–Crippen LogP) is 2.68. The number of aliphatic hydroxyl groups excluding tert-OH is 1. The van der Waals surface area contributed by atoms with E-state index in [-0.39, 0.29) is 5.69 Å². The highest BCUT2D eigenvalue weighted by Crippen LogP contribution is 2.20. The minimum Gasteiger partial charge on any atom is -0.388 e. The van der Waals surface area contributed by atoms with Gasteiger partial charge in [-0.3, -0.25) is 14.9 Å². The summed E-state index contributed by atoms with van der Waals surface area (Å²) in [6, 6.07) is 12.7. The third-order valence-corrected chi connectivity index (χ3v) is 3.03. The number of aliphatic hydroxyl groups is 1. The molecule has 102 valence electrons. The van der Waals surface area contributed by atoms with Crippen molar-refractivity contribution in [3.63, 3.8) is 0 Å². The Morgan fingerprint density at radius 1 is 1.10 bits per heavy atom. The van der Waals surface area contributed by atoms with Gasteiger partial charge < -0.3 is 5.11 Å². The molecule has 1 N–H and O–H groups in total. The second-order valence-electron chi connectivity index (χ2n) is 4.43. The highest BCUT2D eigenvalue weighted by Gasteiger charge is 2.10. The van der Waals surface area contributed by atoms with E-state index in [0.717, 1.165) is 11.8 Å². The fourth-order valence-electron chi connectivity index (χ4n) is 1.89. The Labute approximate surface area is 115 Å². The summed E-state index contributed by atoms with van der Waals surface area (Å²) in [5.41, 5.74) is 2.09. The number of rotatable bonds is 5. The molecule has 5 nitrogen and oxygen atoms in total.